The van der Waals surface area contributed by atoms with Crippen molar-refractivity contribution in [1.29, 1.82) is 0 Å². The second-order valence-corrected chi connectivity index (χ2v) is 6.99. The van der Waals surface area contributed by atoms with Gasteiger partial charge in [-0.15, -0.1) is 0 Å². The highest BCUT2D eigenvalue weighted by atomic mass is 16.5. The van der Waals surface area contributed by atoms with Crippen LogP contribution in [0.15, 0.2) is 12.2 Å². The molecule has 0 unspecified atom stereocenters. The SMILES string of the molecule is C=C(C)C(=O)OCCNC(=O)NCCCCCCCCCCCCCC. The Labute approximate surface area is 160 Å². The molecule has 0 bridgehead atoms. The summed E-state index contributed by atoms with van der Waals surface area (Å²) in [6.07, 6.45) is 15.7. The molecule has 5 nitrogen and oxygen atoms in total. The van der Waals surface area contributed by atoms with Crippen molar-refractivity contribution in [3.63, 3.8) is 0 Å². The van der Waals surface area contributed by atoms with Crippen LogP contribution in [0.5, 0.6) is 0 Å². The predicted octanol–water partition coefficient (Wildman–Crippen LogP) is 5.11. The van der Waals surface area contributed by atoms with Crippen molar-refractivity contribution in [3.05, 3.63) is 12.2 Å². The van der Waals surface area contributed by atoms with Crippen LogP contribution in [0.3, 0.4) is 0 Å². The molecule has 0 aromatic heterocycles. The van der Waals surface area contributed by atoms with E-state index in [0.717, 1.165) is 12.8 Å². The Morgan fingerprint density at radius 2 is 1.23 bits per heavy atom. The fraction of sp³-hybridized carbons (Fsp3) is 0.810. The maximum Gasteiger partial charge on any atom is 0.333 e. The fourth-order valence-electron chi connectivity index (χ4n) is 2.66. The number of hydrogen-bond donors (Lipinski definition) is 2. The highest BCUT2D eigenvalue weighted by molar-refractivity contribution is 5.86. The molecule has 5 heteroatoms. The van der Waals surface area contributed by atoms with E-state index in [1.54, 1.807) is 6.92 Å². The lowest BCUT2D eigenvalue weighted by atomic mass is 10.1. The number of rotatable bonds is 17. The smallest absolute Gasteiger partial charge is 0.333 e. The molecule has 0 aromatic carbocycles. The van der Waals surface area contributed by atoms with Crippen LogP contribution in [-0.2, 0) is 9.53 Å². The maximum absolute atomic E-state index is 11.5. The van der Waals surface area contributed by atoms with Gasteiger partial charge in [-0.2, -0.15) is 0 Å². The minimum atomic E-state index is -0.427. The normalized spacial score (nSPS) is 10.4. The van der Waals surface area contributed by atoms with Crippen molar-refractivity contribution < 1.29 is 14.3 Å². The first-order valence-electron chi connectivity index (χ1n) is 10.4. The third kappa shape index (κ3) is 17.3. The van der Waals surface area contributed by atoms with Crippen LogP contribution in [0.2, 0.25) is 0 Å². The molecule has 152 valence electrons. The number of unbranched alkanes of at least 4 members (excludes halogenated alkanes) is 11. The first-order valence-corrected chi connectivity index (χ1v) is 10.4. The van der Waals surface area contributed by atoms with Crippen molar-refractivity contribution >= 4 is 12.0 Å². The average molecular weight is 369 g/mol. The van der Waals surface area contributed by atoms with Gasteiger partial charge in [-0.25, -0.2) is 9.59 Å². The van der Waals surface area contributed by atoms with Crippen molar-refractivity contribution in [3.8, 4) is 0 Å². The quantitative estimate of drug-likeness (QED) is 0.213. The summed E-state index contributed by atoms with van der Waals surface area (Å²) in [6.45, 7) is 8.51. The first-order chi connectivity index (χ1) is 12.6. The lowest BCUT2D eigenvalue weighted by Gasteiger charge is -2.08. The summed E-state index contributed by atoms with van der Waals surface area (Å²) in [7, 11) is 0. The maximum atomic E-state index is 11.5. The molecule has 0 rings (SSSR count). The summed E-state index contributed by atoms with van der Waals surface area (Å²) < 4.78 is 4.90. The van der Waals surface area contributed by atoms with Gasteiger partial charge in [-0.3, -0.25) is 0 Å². The topological polar surface area (TPSA) is 67.4 Å². The number of ether oxygens (including phenoxy) is 1. The molecule has 0 radical (unpaired) electrons. The van der Waals surface area contributed by atoms with E-state index < -0.39 is 5.97 Å². The molecule has 0 aliphatic rings. The van der Waals surface area contributed by atoms with Gasteiger partial charge < -0.3 is 15.4 Å². The predicted molar refractivity (Wildman–Crippen MR) is 108 cm³/mol. The minimum absolute atomic E-state index is 0.164. The Morgan fingerprint density at radius 1 is 0.769 bits per heavy atom. The Balaban J connectivity index is 3.23. The van der Waals surface area contributed by atoms with Crippen LogP contribution >= 0.6 is 0 Å². The first kappa shape index (κ1) is 24.5. The fourth-order valence-corrected chi connectivity index (χ4v) is 2.66. The monoisotopic (exact) mass is 368 g/mol. The Kier molecular flexibility index (Phi) is 17.2. The Morgan fingerprint density at radius 3 is 1.73 bits per heavy atom. The molecule has 0 atom stereocenters. The standard InChI is InChI=1S/C21H40N2O3/c1-4-5-6-7-8-9-10-11-12-13-14-15-16-22-21(25)23-17-18-26-20(24)19(2)3/h2,4-18H2,1,3H3,(H2,22,23,25). The van der Waals surface area contributed by atoms with E-state index in [0.29, 0.717) is 18.7 Å². The van der Waals surface area contributed by atoms with Gasteiger partial charge in [0.1, 0.15) is 6.61 Å². The lowest BCUT2D eigenvalue weighted by Crippen LogP contribution is -2.38. The second-order valence-electron chi connectivity index (χ2n) is 6.99. The molecule has 0 spiro atoms. The van der Waals surface area contributed by atoms with Crippen molar-refractivity contribution in [2.45, 2.75) is 90.9 Å². The third-order valence-corrected chi connectivity index (χ3v) is 4.29. The van der Waals surface area contributed by atoms with E-state index in [9.17, 15) is 9.59 Å². The third-order valence-electron chi connectivity index (χ3n) is 4.29. The van der Waals surface area contributed by atoms with Crippen LogP contribution in [-0.4, -0.2) is 31.7 Å². The largest absolute Gasteiger partial charge is 0.460 e. The molecule has 2 N–H and O–H groups in total. The van der Waals surface area contributed by atoms with Gasteiger partial charge in [0.15, 0.2) is 0 Å². The van der Waals surface area contributed by atoms with Crippen molar-refractivity contribution in [1.82, 2.24) is 10.6 Å². The van der Waals surface area contributed by atoms with Gasteiger partial charge in [0.2, 0.25) is 0 Å². The lowest BCUT2D eigenvalue weighted by molar-refractivity contribution is -0.138. The number of nitrogens with one attached hydrogen (secondary N) is 2. The van der Waals surface area contributed by atoms with Gasteiger partial charge in [0.05, 0.1) is 6.54 Å². The van der Waals surface area contributed by atoms with Crippen LogP contribution in [0.4, 0.5) is 4.79 Å². The Hall–Kier alpha value is -1.52. The van der Waals surface area contributed by atoms with Crippen molar-refractivity contribution in [2.24, 2.45) is 0 Å². The van der Waals surface area contributed by atoms with E-state index in [1.165, 1.54) is 64.2 Å². The van der Waals surface area contributed by atoms with Gasteiger partial charge >= 0.3 is 12.0 Å². The molecular formula is C21H40N2O3. The molecule has 0 aliphatic carbocycles. The van der Waals surface area contributed by atoms with Crippen LogP contribution in [0, 0.1) is 0 Å². The molecule has 2 amide bonds. The minimum Gasteiger partial charge on any atom is -0.460 e. The highest BCUT2D eigenvalue weighted by Gasteiger charge is 2.03. The van der Waals surface area contributed by atoms with E-state index in [-0.39, 0.29) is 12.6 Å². The zero-order valence-electron chi connectivity index (χ0n) is 17.0. The highest BCUT2D eigenvalue weighted by Crippen LogP contribution is 2.11. The average Bonchev–Trinajstić information content (AvgIpc) is 2.62. The molecule has 26 heavy (non-hydrogen) atoms. The van der Waals surface area contributed by atoms with Gasteiger partial charge in [-0.1, -0.05) is 84.1 Å². The number of esters is 1. The van der Waals surface area contributed by atoms with E-state index >= 15 is 0 Å². The van der Waals surface area contributed by atoms with E-state index in [1.807, 2.05) is 0 Å². The zero-order valence-corrected chi connectivity index (χ0v) is 17.0. The number of carbonyl (C=O) groups excluding carboxylic acids is 2. The summed E-state index contributed by atoms with van der Waals surface area (Å²) >= 11 is 0. The van der Waals surface area contributed by atoms with Crippen molar-refractivity contribution in [2.75, 3.05) is 19.7 Å². The van der Waals surface area contributed by atoms with E-state index in [4.69, 9.17) is 4.74 Å². The van der Waals surface area contributed by atoms with Crippen LogP contribution < -0.4 is 10.6 Å². The van der Waals surface area contributed by atoms with Crippen LogP contribution in [0.1, 0.15) is 90.9 Å². The molecule has 0 saturated carbocycles. The summed E-state index contributed by atoms with van der Waals surface area (Å²) in [5, 5.41) is 5.48. The number of hydrogen-bond acceptors (Lipinski definition) is 3. The summed E-state index contributed by atoms with van der Waals surface area (Å²) in [5.41, 5.74) is 0.362. The number of carbonyl (C=O) groups is 2. The van der Waals surface area contributed by atoms with Crippen LogP contribution in [0.25, 0.3) is 0 Å². The Bertz CT molecular complexity index is 383. The summed E-state index contributed by atoms with van der Waals surface area (Å²) in [4.78, 5) is 22.7. The molecular weight excluding hydrogens is 328 g/mol. The molecule has 0 aliphatic heterocycles. The van der Waals surface area contributed by atoms with Gasteiger partial charge in [0.25, 0.3) is 0 Å². The van der Waals surface area contributed by atoms with Gasteiger partial charge in [-0.05, 0) is 13.3 Å². The zero-order chi connectivity index (χ0) is 19.5. The van der Waals surface area contributed by atoms with Gasteiger partial charge in [0, 0.05) is 12.1 Å². The number of amides is 2. The summed E-state index contributed by atoms with van der Waals surface area (Å²) in [5.74, 6) is -0.427. The number of urea groups is 1. The molecule has 0 saturated heterocycles. The molecule has 0 aromatic rings. The second kappa shape index (κ2) is 18.3. The molecule has 0 fully saturated rings. The molecule has 0 heterocycles. The summed E-state index contributed by atoms with van der Waals surface area (Å²) in [6, 6.07) is -0.209. The van der Waals surface area contributed by atoms with E-state index in [2.05, 4.69) is 24.1 Å².